The number of nitrogens with zero attached hydrogens (tertiary/aromatic N) is 1. The zero-order valence-corrected chi connectivity index (χ0v) is 20.5. The molecule has 2 atom stereocenters. The van der Waals surface area contributed by atoms with Crippen molar-refractivity contribution in [2.45, 2.75) is 83.4 Å². The second kappa shape index (κ2) is 11.5. The van der Waals surface area contributed by atoms with E-state index in [-0.39, 0.29) is 24.2 Å². The van der Waals surface area contributed by atoms with Crippen LogP contribution in [-0.4, -0.2) is 59.4 Å². The Hall–Kier alpha value is -2.90. The van der Waals surface area contributed by atoms with Gasteiger partial charge in [-0.15, -0.1) is 0 Å². The number of carbonyl (C=O) groups is 4. The quantitative estimate of drug-likeness (QED) is 0.607. The van der Waals surface area contributed by atoms with E-state index in [1.165, 1.54) is 4.90 Å². The van der Waals surface area contributed by atoms with Crippen LogP contribution in [0.25, 0.3) is 0 Å². The molecule has 1 saturated heterocycles. The topological polar surface area (TPSA) is 105 Å². The smallest absolute Gasteiger partial charge is 0.410 e. The van der Waals surface area contributed by atoms with Gasteiger partial charge < -0.3 is 15.4 Å². The van der Waals surface area contributed by atoms with Crippen molar-refractivity contribution >= 4 is 23.7 Å². The van der Waals surface area contributed by atoms with Crippen LogP contribution in [0.1, 0.15) is 64.9 Å². The monoisotopic (exact) mass is 471 g/mol. The van der Waals surface area contributed by atoms with Crippen molar-refractivity contribution < 1.29 is 23.9 Å². The van der Waals surface area contributed by atoms with Gasteiger partial charge in [-0.2, -0.15) is 0 Å². The number of ether oxygens (including phenoxy) is 1. The zero-order chi connectivity index (χ0) is 24.7. The fourth-order valence-electron chi connectivity index (χ4n) is 4.68. The van der Waals surface area contributed by atoms with Crippen molar-refractivity contribution in [1.82, 2.24) is 15.5 Å². The molecule has 0 spiro atoms. The summed E-state index contributed by atoms with van der Waals surface area (Å²) in [7, 11) is 0. The summed E-state index contributed by atoms with van der Waals surface area (Å²) in [5.74, 6) is -0.764. The number of likely N-dealkylation sites (tertiary alicyclic amines) is 1. The summed E-state index contributed by atoms with van der Waals surface area (Å²) >= 11 is 0. The molecule has 2 N–H and O–H groups in total. The van der Waals surface area contributed by atoms with Crippen molar-refractivity contribution in [1.29, 1.82) is 0 Å². The molecular weight excluding hydrogens is 434 g/mol. The maximum atomic E-state index is 13.1. The van der Waals surface area contributed by atoms with E-state index < -0.39 is 29.7 Å². The highest BCUT2D eigenvalue weighted by atomic mass is 16.6. The first-order chi connectivity index (χ1) is 16.1. The average Bonchev–Trinajstić information content (AvgIpc) is 3.48. The molecule has 1 saturated carbocycles. The zero-order valence-electron chi connectivity index (χ0n) is 20.5. The van der Waals surface area contributed by atoms with E-state index in [0.717, 1.165) is 31.2 Å². The standard InChI is InChI=1S/C26H37N3O5/c1-26(2,3)34-25(33)29-15-9-14-21(29)24(32)27-17-22(30)28-20(16-18-10-5-4-6-11-18)23(31)19-12-7-8-13-19/h4-6,10-11,19-21H,7-9,12-17H2,1-3H3,(H,27,32)(H,28,30). The van der Waals surface area contributed by atoms with Gasteiger partial charge in [0.25, 0.3) is 0 Å². The Morgan fingerprint density at radius 3 is 2.35 bits per heavy atom. The first-order valence-corrected chi connectivity index (χ1v) is 12.3. The van der Waals surface area contributed by atoms with Crippen LogP contribution >= 0.6 is 0 Å². The molecule has 0 aromatic heterocycles. The molecule has 1 aromatic rings. The molecule has 2 aliphatic rings. The first-order valence-electron chi connectivity index (χ1n) is 12.3. The number of hydrogen-bond donors (Lipinski definition) is 2. The third-order valence-electron chi connectivity index (χ3n) is 6.33. The molecule has 1 heterocycles. The molecule has 3 amide bonds. The number of nitrogens with one attached hydrogen (secondary N) is 2. The predicted molar refractivity (Wildman–Crippen MR) is 128 cm³/mol. The van der Waals surface area contributed by atoms with Gasteiger partial charge >= 0.3 is 6.09 Å². The molecule has 2 unspecified atom stereocenters. The van der Waals surface area contributed by atoms with Crippen molar-refractivity contribution in [2.75, 3.05) is 13.1 Å². The molecule has 1 aliphatic heterocycles. The number of rotatable bonds is 8. The average molecular weight is 472 g/mol. The summed E-state index contributed by atoms with van der Waals surface area (Å²) < 4.78 is 5.40. The van der Waals surface area contributed by atoms with Crippen molar-refractivity contribution in [3.05, 3.63) is 35.9 Å². The van der Waals surface area contributed by atoms with Crippen LogP contribution in [0, 0.1) is 5.92 Å². The fraction of sp³-hybridized carbons (Fsp3) is 0.615. The number of amides is 3. The second-order valence-electron chi connectivity index (χ2n) is 10.2. The van der Waals surface area contributed by atoms with Crippen LogP contribution in [0.3, 0.4) is 0 Å². The Kier molecular flexibility index (Phi) is 8.69. The summed E-state index contributed by atoms with van der Waals surface area (Å²) in [6, 6.07) is 8.32. The summed E-state index contributed by atoms with van der Waals surface area (Å²) in [6.45, 7) is 5.52. The number of ketones is 1. The normalized spacial score (nSPS) is 19.5. The third-order valence-corrected chi connectivity index (χ3v) is 6.33. The van der Waals surface area contributed by atoms with Crippen LogP contribution in [-0.2, 0) is 25.5 Å². The Morgan fingerprint density at radius 2 is 1.71 bits per heavy atom. The third kappa shape index (κ3) is 7.30. The van der Waals surface area contributed by atoms with Gasteiger partial charge in [-0.05, 0) is 58.4 Å². The molecule has 2 fully saturated rings. The Labute approximate surface area is 201 Å². The molecule has 0 radical (unpaired) electrons. The lowest BCUT2D eigenvalue weighted by Crippen LogP contribution is -2.51. The molecule has 0 bridgehead atoms. The highest BCUT2D eigenvalue weighted by Gasteiger charge is 2.37. The van der Waals surface area contributed by atoms with E-state index in [1.807, 2.05) is 30.3 Å². The summed E-state index contributed by atoms with van der Waals surface area (Å²) in [6.07, 6.45) is 4.90. The van der Waals surface area contributed by atoms with E-state index in [0.29, 0.717) is 25.8 Å². The highest BCUT2D eigenvalue weighted by molar-refractivity contribution is 5.93. The van der Waals surface area contributed by atoms with Crippen LogP contribution in [0.2, 0.25) is 0 Å². The Bertz CT molecular complexity index is 874. The number of carbonyl (C=O) groups excluding carboxylic acids is 4. The highest BCUT2D eigenvalue weighted by Crippen LogP contribution is 2.27. The molecule has 8 heteroatoms. The molecular formula is C26H37N3O5. The molecule has 186 valence electrons. The summed E-state index contributed by atoms with van der Waals surface area (Å²) in [5, 5.41) is 5.48. The van der Waals surface area contributed by atoms with Gasteiger partial charge in [0.1, 0.15) is 11.6 Å². The lowest BCUT2D eigenvalue weighted by molar-refractivity contribution is -0.131. The van der Waals surface area contributed by atoms with Crippen molar-refractivity contribution in [3.8, 4) is 0 Å². The van der Waals surface area contributed by atoms with Crippen LogP contribution < -0.4 is 10.6 Å². The summed E-state index contributed by atoms with van der Waals surface area (Å²) in [4.78, 5) is 52.4. The van der Waals surface area contributed by atoms with E-state index in [2.05, 4.69) is 10.6 Å². The largest absolute Gasteiger partial charge is 0.444 e. The second-order valence-corrected chi connectivity index (χ2v) is 10.2. The minimum atomic E-state index is -0.664. The van der Waals surface area contributed by atoms with E-state index in [9.17, 15) is 19.2 Å². The maximum absolute atomic E-state index is 13.1. The van der Waals surface area contributed by atoms with E-state index in [4.69, 9.17) is 4.74 Å². The van der Waals surface area contributed by atoms with Crippen LogP contribution in [0.15, 0.2) is 30.3 Å². The van der Waals surface area contributed by atoms with Gasteiger partial charge in [0.2, 0.25) is 11.8 Å². The number of benzene rings is 1. The Morgan fingerprint density at radius 1 is 1.03 bits per heavy atom. The van der Waals surface area contributed by atoms with Crippen LogP contribution in [0.5, 0.6) is 0 Å². The minimum absolute atomic E-state index is 0.0236. The van der Waals surface area contributed by atoms with Crippen molar-refractivity contribution in [3.63, 3.8) is 0 Å². The van der Waals surface area contributed by atoms with Crippen molar-refractivity contribution in [2.24, 2.45) is 5.92 Å². The number of Topliss-reactive ketones (excluding diaryl/α,β-unsaturated/α-hetero) is 1. The van der Waals surface area contributed by atoms with E-state index in [1.54, 1.807) is 20.8 Å². The minimum Gasteiger partial charge on any atom is -0.444 e. The lowest BCUT2D eigenvalue weighted by atomic mass is 9.92. The maximum Gasteiger partial charge on any atom is 0.410 e. The van der Waals surface area contributed by atoms with Gasteiger partial charge in [-0.3, -0.25) is 19.3 Å². The predicted octanol–water partition coefficient (Wildman–Crippen LogP) is 2.99. The van der Waals surface area contributed by atoms with Crippen LogP contribution in [0.4, 0.5) is 4.79 Å². The molecule has 1 aromatic carbocycles. The SMILES string of the molecule is CC(C)(C)OC(=O)N1CCCC1C(=O)NCC(=O)NC(Cc1ccccc1)C(=O)C1CCCC1. The van der Waals surface area contributed by atoms with Gasteiger partial charge in [0.15, 0.2) is 5.78 Å². The van der Waals surface area contributed by atoms with Gasteiger partial charge in [0.05, 0.1) is 12.6 Å². The first kappa shape index (κ1) is 25.7. The summed E-state index contributed by atoms with van der Waals surface area (Å²) in [5.41, 5.74) is 0.322. The Balaban J connectivity index is 1.56. The lowest BCUT2D eigenvalue weighted by Gasteiger charge is -2.28. The number of hydrogen-bond acceptors (Lipinski definition) is 5. The molecule has 3 rings (SSSR count). The molecule has 34 heavy (non-hydrogen) atoms. The van der Waals surface area contributed by atoms with Gasteiger partial charge in [-0.25, -0.2) is 4.79 Å². The van der Waals surface area contributed by atoms with Gasteiger partial charge in [-0.1, -0.05) is 43.2 Å². The fourth-order valence-corrected chi connectivity index (χ4v) is 4.68. The van der Waals surface area contributed by atoms with Gasteiger partial charge in [0, 0.05) is 12.5 Å². The molecule has 8 nitrogen and oxygen atoms in total. The molecule has 1 aliphatic carbocycles. The van der Waals surface area contributed by atoms with E-state index >= 15 is 0 Å².